The first-order chi connectivity index (χ1) is 10.2. The van der Waals surface area contributed by atoms with Crippen molar-refractivity contribution in [1.29, 1.82) is 0 Å². The van der Waals surface area contributed by atoms with E-state index < -0.39 is 0 Å². The lowest BCUT2D eigenvalue weighted by Crippen LogP contribution is -2.30. The van der Waals surface area contributed by atoms with Crippen LogP contribution in [0.2, 0.25) is 0 Å². The molecule has 0 bridgehead atoms. The van der Waals surface area contributed by atoms with E-state index in [0.29, 0.717) is 19.6 Å². The van der Waals surface area contributed by atoms with E-state index in [2.05, 4.69) is 4.98 Å². The minimum atomic E-state index is 0.0492. The minimum absolute atomic E-state index is 0.0492. The van der Waals surface area contributed by atoms with Crippen LogP contribution in [0.25, 0.3) is 0 Å². The van der Waals surface area contributed by atoms with Crippen LogP contribution < -0.4 is 5.73 Å². The second-order valence-corrected chi connectivity index (χ2v) is 4.91. The third kappa shape index (κ3) is 4.13. The molecule has 4 heteroatoms. The average Bonchev–Trinajstić information content (AvgIpc) is 2.53. The molecule has 21 heavy (non-hydrogen) atoms. The van der Waals surface area contributed by atoms with Crippen LogP contribution in [0.5, 0.6) is 0 Å². The molecule has 0 aliphatic carbocycles. The Bertz CT molecular complexity index is 584. The number of hydrogen-bond donors (Lipinski definition) is 1. The summed E-state index contributed by atoms with van der Waals surface area (Å²) in [6.45, 7) is 3.84. The smallest absolute Gasteiger partial charge is 0.254 e. The molecule has 0 saturated heterocycles. The van der Waals surface area contributed by atoms with Crippen LogP contribution >= 0.6 is 0 Å². The fourth-order valence-electron chi connectivity index (χ4n) is 2.24. The highest BCUT2D eigenvalue weighted by atomic mass is 16.2. The normalized spacial score (nSPS) is 10.4. The van der Waals surface area contributed by atoms with Crippen LogP contribution in [-0.4, -0.2) is 28.9 Å². The summed E-state index contributed by atoms with van der Waals surface area (Å²) in [7, 11) is 0. The number of benzene rings is 1. The summed E-state index contributed by atoms with van der Waals surface area (Å²) in [6.07, 6.45) is 4.28. The maximum Gasteiger partial charge on any atom is 0.254 e. The summed E-state index contributed by atoms with van der Waals surface area (Å²) < 4.78 is 0. The van der Waals surface area contributed by atoms with Crippen LogP contribution in [0, 0.1) is 0 Å². The van der Waals surface area contributed by atoms with Gasteiger partial charge in [-0.15, -0.1) is 0 Å². The van der Waals surface area contributed by atoms with Gasteiger partial charge < -0.3 is 10.6 Å². The number of nitrogens with zero attached hydrogens (tertiary/aromatic N) is 2. The van der Waals surface area contributed by atoms with E-state index >= 15 is 0 Å². The number of rotatable bonds is 6. The molecule has 0 spiro atoms. The van der Waals surface area contributed by atoms with Gasteiger partial charge in [0.1, 0.15) is 0 Å². The Kier molecular flexibility index (Phi) is 5.46. The first kappa shape index (κ1) is 15.2. The number of carbonyl (C=O) groups is 1. The molecule has 0 unspecified atom stereocenters. The van der Waals surface area contributed by atoms with E-state index in [0.717, 1.165) is 23.1 Å². The van der Waals surface area contributed by atoms with E-state index in [9.17, 15) is 4.79 Å². The highest BCUT2D eigenvalue weighted by Gasteiger charge is 2.14. The average molecular weight is 283 g/mol. The number of carbonyl (C=O) groups excluding carboxylic acids is 1. The molecule has 0 saturated carbocycles. The highest BCUT2D eigenvalue weighted by Crippen LogP contribution is 2.12. The van der Waals surface area contributed by atoms with Gasteiger partial charge in [-0.05, 0) is 55.3 Å². The molecule has 1 amide bonds. The van der Waals surface area contributed by atoms with E-state index in [1.165, 1.54) is 0 Å². The Labute approximate surface area is 125 Å². The molecule has 0 atom stereocenters. The summed E-state index contributed by atoms with van der Waals surface area (Å²) in [5.74, 6) is 0.0492. The number of hydrogen-bond acceptors (Lipinski definition) is 3. The van der Waals surface area contributed by atoms with Crippen molar-refractivity contribution in [2.45, 2.75) is 19.9 Å². The summed E-state index contributed by atoms with van der Waals surface area (Å²) >= 11 is 0. The van der Waals surface area contributed by atoms with E-state index in [4.69, 9.17) is 5.73 Å². The van der Waals surface area contributed by atoms with Gasteiger partial charge in [-0.1, -0.05) is 12.1 Å². The number of nitrogens with two attached hydrogens (primary N) is 1. The van der Waals surface area contributed by atoms with Crippen molar-refractivity contribution in [1.82, 2.24) is 9.88 Å². The molecule has 1 aromatic heterocycles. The molecule has 0 fully saturated rings. The van der Waals surface area contributed by atoms with Crippen molar-refractivity contribution in [3.05, 3.63) is 65.5 Å². The molecule has 2 N–H and O–H groups in total. The summed E-state index contributed by atoms with van der Waals surface area (Å²) in [5, 5.41) is 0. The van der Waals surface area contributed by atoms with Gasteiger partial charge in [0, 0.05) is 31.0 Å². The molecule has 1 aromatic carbocycles. The lowest BCUT2D eigenvalue weighted by atomic mass is 10.1. The Morgan fingerprint density at radius 2 is 1.95 bits per heavy atom. The quantitative estimate of drug-likeness (QED) is 0.884. The molecule has 110 valence electrons. The Balaban J connectivity index is 2.14. The molecule has 1 heterocycles. The maximum absolute atomic E-state index is 12.6. The van der Waals surface area contributed by atoms with Crippen molar-refractivity contribution in [2.75, 3.05) is 13.1 Å². The predicted molar refractivity (Wildman–Crippen MR) is 83.9 cm³/mol. The van der Waals surface area contributed by atoms with Crippen molar-refractivity contribution in [3.63, 3.8) is 0 Å². The van der Waals surface area contributed by atoms with Gasteiger partial charge in [0.05, 0.1) is 0 Å². The standard InChI is InChI=1S/C17H21N3O/c1-2-20(13-15-7-10-19-11-8-15)17(21)16-5-3-4-14(12-16)6-9-18/h3-5,7-8,10-12H,2,6,9,13,18H2,1H3. The first-order valence-electron chi connectivity index (χ1n) is 7.21. The highest BCUT2D eigenvalue weighted by molar-refractivity contribution is 5.94. The van der Waals surface area contributed by atoms with Gasteiger partial charge in [0.2, 0.25) is 0 Å². The largest absolute Gasteiger partial charge is 0.335 e. The van der Waals surface area contributed by atoms with Crippen molar-refractivity contribution in [3.8, 4) is 0 Å². The van der Waals surface area contributed by atoms with Crippen molar-refractivity contribution in [2.24, 2.45) is 5.73 Å². The van der Waals surface area contributed by atoms with Gasteiger partial charge in [0.25, 0.3) is 5.91 Å². The van der Waals surface area contributed by atoms with Crippen LogP contribution in [0.15, 0.2) is 48.8 Å². The van der Waals surface area contributed by atoms with E-state index in [-0.39, 0.29) is 5.91 Å². The second kappa shape index (κ2) is 7.55. The molecule has 0 aliphatic heterocycles. The van der Waals surface area contributed by atoms with Crippen molar-refractivity contribution < 1.29 is 4.79 Å². The molecular formula is C17H21N3O. The fourth-order valence-corrected chi connectivity index (χ4v) is 2.24. The van der Waals surface area contributed by atoms with Gasteiger partial charge in [-0.25, -0.2) is 0 Å². The molecule has 4 nitrogen and oxygen atoms in total. The summed E-state index contributed by atoms with van der Waals surface area (Å²) in [4.78, 5) is 18.4. The Morgan fingerprint density at radius 1 is 1.19 bits per heavy atom. The van der Waals surface area contributed by atoms with Gasteiger partial charge in [-0.3, -0.25) is 9.78 Å². The van der Waals surface area contributed by atoms with Crippen LogP contribution in [0.3, 0.4) is 0 Å². The molecule has 2 aromatic rings. The zero-order chi connectivity index (χ0) is 15.1. The molecular weight excluding hydrogens is 262 g/mol. The first-order valence-corrected chi connectivity index (χ1v) is 7.21. The Morgan fingerprint density at radius 3 is 2.62 bits per heavy atom. The lowest BCUT2D eigenvalue weighted by Gasteiger charge is -2.21. The SMILES string of the molecule is CCN(Cc1ccncc1)C(=O)c1cccc(CCN)c1. The van der Waals surface area contributed by atoms with Crippen LogP contribution in [0.1, 0.15) is 28.4 Å². The predicted octanol–water partition coefficient (Wildman–Crippen LogP) is 2.25. The van der Waals surface area contributed by atoms with E-state index in [1.54, 1.807) is 12.4 Å². The Hall–Kier alpha value is -2.20. The second-order valence-electron chi connectivity index (χ2n) is 4.91. The maximum atomic E-state index is 12.6. The number of amides is 1. The van der Waals surface area contributed by atoms with Crippen LogP contribution in [-0.2, 0) is 13.0 Å². The van der Waals surface area contributed by atoms with Gasteiger partial charge in [-0.2, -0.15) is 0 Å². The molecule has 2 rings (SSSR count). The van der Waals surface area contributed by atoms with E-state index in [1.807, 2.05) is 48.2 Å². The molecule has 0 aliphatic rings. The lowest BCUT2D eigenvalue weighted by molar-refractivity contribution is 0.0752. The zero-order valence-corrected chi connectivity index (χ0v) is 12.3. The summed E-state index contributed by atoms with van der Waals surface area (Å²) in [5.41, 5.74) is 8.47. The topological polar surface area (TPSA) is 59.2 Å². The summed E-state index contributed by atoms with van der Waals surface area (Å²) in [6, 6.07) is 11.6. The number of pyridine rings is 1. The van der Waals surface area contributed by atoms with Crippen LogP contribution in [0.4, 0.5) is 0 Å². The monoisotopic (exact) mass is 283 g/mol. The minimum Gasteiger partial charge on any atom is -0.335 e. The van der Waals surface area contributed by atoms with Gasteiger partial charge in [0.15, 0.2) is 0 Å². The third-order valence-corrected chi connectivity index (χ3v) is 3.40. The van der Waals surface area contributed by atoms with Gasteiger partial charge >= 0.3 is 0 Å². The molecule has 0 radical (unpaired) electrons. The fraction of sp³-hybridized carbons (Fsp3) is 0.294. The van der Waals surface area contributed by atoms with Crippen molar-refractivity contribution >= 4 is 5.91 Å². The third-order valence-electron chi connectivity index (χ3n) is 3.40. The zero-order valence-electron chi connectivity index (χ0n) is 12.3. The number of aromatic nitrogens is 1.